The van der Waals surface area contributed by atoms with Crippen molar-refractivity contribution in [1.29, 1.82) is 0 Å². The van der Waals surface area contributed by atoms with Gasteiger partial charge in [0, 0.05) is 6.20 Å². The van der Waals surface area contributed by atoms with E-state index in [4.69, 9.17) is 4.74 Å². The molecule has 3 rings (SSSR count). The molecule has 0 amide bonds. The first-order chi connectivity index (χ1) is 6.84. The molecule has 3 nitrogen and oxygen atoms in total. The number of ether oxygens (including phenoxy) is 1. The fourth-order valence-electron chi connectivity index (χ4n) is 1.98. The molecule has 0 radical (unpaired) electrons. The van der Waals surface area contributed by atoms with Gasteiger partial charge in [-0.1, -0.05) is 6.42 Å². The van der Waals surface area contributed by atoms with Crippen molar-refractivity contribution in [3.05, 3.63) is 29.1 Å². The minimum Gasteiger partial charge on any atom is -0.456 e. The maximum Gasteiger partial charge on any atom is 0.340 e. The summed E-state index contributed by atoms with van der Waals surface area (Å²) in [4.78, 5) is 15.6. The lowest BCUT2D eigenvalue weighted by atomic mass is 9.80. The molecule has 1 aliphatic carbocycles. The summed E-state index contributed by atoms with van der Waals surface area (Å²) in [5.74, 6) is 0.412. The summed E-state index contributed by atoms with van der Waals surface area (Å²) in [7, 11) is 0. The smallest absolute Gasteiger partial charge is 0.340 e. The summed E-state index contributed by atoms with van der Waals surface area (Å²) in [6, 6.07) is 1.96. The predicted molar refractivity (Wildman–Crippen MR) is 49.9 cm³/mol. The average Bonchev–Trinajstić information content (AvgIpc) is 2.45. The Morgan fingerprint density at radius 3 is 3.00 bits per heavy atom. The summed E-state index contributed by atoms with van der Waals surface area (Å²) in [5, 5.41) is 0. The number of hydrogen-bond donors (Lipinski definition) is 0. The van der Waals surface area contributed by atoms with Crippen molar-refractivity contribution in [1.82, 2.24) is 4.98 Å². The third-order valence-electron chi connectivity index (χ3n) is 3.13. The Hall–Kier alpha value is -1.38. The van der Waals surface area contributed by atoms with Gasteiger partial charge in [-0.05, 0) is 30.4 Å². The van der Waals surface area contributed by atoms with E-state index in [2.05, 4.69) is 4.98 Å². The van der Waals surface area contributed by atoms with E-state index in [1.54, 1.807) is 0 Å². The van der Waals surface area contributed by atoms with Crippen molar-refractivity contribution in [2.24, 2.45) is 0 Å². The molecule has 0 unspecified atom stereocenters. The van der Waals surface area contributed by atoms with Crippen LogP contribution in [0.3, 0.4) is 0 Å². The van der Waals surface area contributed by atoms with Gasteiger partial charge in [-0.2, -0.15) is 0 Å². The first kappa shape index (κ1) is 7.97. The van der Waals surface area contributed by atoms with Crippen LogP contribution in [0.2, 0.25) is 0 Å². The molecule has 1 aromatic heterocycles. The minimum absolute atomic E-state index is 0.214. The van der Waals surface area contributed by atoms with Crippen LogP contribution < -0.4 is 0 Å². The van der Waals surface area contributed by atoms with Gasteiger partial charge in [0.15, 0.2) is 0 Å². The van der Waals surface area contributed by atoms with E-state index in [0.717, 1.165) is 5.69 Å². The second kappa shape index (κ2) is 2.80. The van der Waals surface area contributed by atoms with Crippen LogP contribution in [-0.4, -0.2) is 11.0 Å². The van der Waals surface area contributed by atoms with Crippen LogP contribution in [0.4, 0.5) is 0 Å². The summed E-state index contributed by atoms with van der Waals surface area (Å²) < 4.78 is 4.91. The molecule has 0 atom stereocenters. The second-order valence-electron chi connectivity index (χ2n) is 3.97. The number of rotatable bonds is 1. The summed E-state index contributed by atoms with van der Waals surface area (Å²) in [6.45, 7) is 0.346. The van der Waals surface area contributed by atoms with Crippen LogP contribution in [0, 0.1) is 0 Å². The highest BCUT2D eigenvalue weighted by Crippen LogP contribution is 2.37. The number of carbonyl (C=O) groups excluding carboxylic acids is 1. The predicted octanol–water partition coefficient (Wildman–Crippen LogP) is 2.02. The number of pyridine rings is 1. The lowest BCUT2D eigenvalue weighted by Gasteiger charge is -2.25. The Bertz CT molecular complexity index is 396. The summed E-state index contributed by atoms with van der Waals surface area (Å²) in [5.41, 5.74) is 2.67. The van der Waals surface area contributed by atoms with Crippen LogP contribution in [0.1, 0.15) is 46.8 Å². The Labute approximate surface area is 82.1 Å². The molecule has 0 aromatic carbocycles. The van der Waals surface area contributed by atoms with Gasteiger partial charge in [0.25, 0.3) is 0 Å². The largest absolute Gasteiger partial charge is 0.456 e. The van der Waals surface area contributed by atoms with Crippen LogP contribution in [0.15, 0.2) is 12.3 Å². The van der Waals surface area contributed by atoms with E-state index in [1.165, 1.54) is 24.8 Å². The van der Waals surface area contributed by atoms with Gasteiger partial charge in [-0.3, -0.25) is 4.98 Å². The highest BCUT2D eigenvalue weighted by molar-refractivity contribution is 5.92. The van der Waals surface area contributed by atoms with Crippen LogP contribution >= 0.6 is 0 Å². The van der Waals surface area contributed by atoms with E-state index in [1.807, 2.05) is 12.3 Å². The number of esters is 1. The van der Waals surface area contributed by atoms with E-state index < -0.39 is 0 Å². The van der Waals surface area contributed by atoms with Crippen molar-refractivity contribution in [3.63, 3.8) is 0 Å². The quantitative estimate of drug-likeness (QED) is 0.634. The van der Waals surface area contributed by atoms with Crippen molar-refractivity contribution in [2.45, 2.75) is 31.8 Å². The van der Waals surface area contributed by atoms with Crippen LogP contribution in [0.5, 0.6) is 0 Å². The first-order valence-electron chi connectivity index (χ1n) is 5.00. The molecule has 1 saturated carbocycles. The lowest BCUT2D eigenvalue weighted by molar-refractivity contribution is 0.0533. The Morgan fingerprint density at radius 1 is 1.43 bits per heavy atom. The van der Waals surface area contributed by atoms with E-state index in [0.29, 0.717) is 18.1 Å². The number of nitrogens with zero attached hydrogens (tertiary/aromatic N) is 1. The molecule has 0 saturated heterocycles. The van der Waals surface area contributed by atoms with Crippen LogP contribution in [0.25, 0.3) is 0 Å². The highest BCUT2D eigenvalue weighted by Gasteiger charge is 2.26. The topological polar surface area (TPSA) is 39.2 Å². The van der Waals surface area contributed by atoms with E-state index in [-0.39, 0.29) is 5.97 Å². The van der Waals surface area contributed by atoms with Gasteiger partial charge in [0.05, 0.1) is 11.3 Å². The van der Waals surface area contributed by atoms with E-state index in [9.17, 15) is 4.79 Å². The van der Waals surface area contributed by atoms with Gasteiger partial charge in [0.1, 0.15) is 6.61 Å². The summed E-state index contributed by atoms with van der Waals surface area (Å²) in [6.07, 6.45) is 5.65. The maximum absolute atomic E-state index is 11.3. The average molecular weight is 189 g/mol. The van der Waals surface area contributed by atoms with Gasteiger partial charge in [-0.25, -0.2) is 4.79 Å². The first-order valence-corrected chi connectivity index (χ1v) is 5.00. The molecule has 2 heterocycles. The zero-order valence-corrected chi connectivity index (χ0v) is 7.82. The normalized spacial score (nSPS) is 20.1. The van der Waals surface area contributed by atoms with Crippen molar-refractivity contribution >= 4 is 5.97 Å². The Balaban J connectivity index is 2.01. The van der Waals surface area contributed by atoms with Gasteiger partial charge in [0.2, 0.25) is 0 Å². The molecular formula is C11H11NO2. The molecule has 3 heteroatoms. The van der Waals surface area contributed by atoms with Crippen molar-refractivity contribution in [2.75, 3.05) is 0 Å². The minimum atomic E-state index is -0.214. The fourth-order valence-corrected chi connectivity index (χ4v) is 1.98. The van der Waals surface area contributed by atoms with Crippen molar-refractivity contribution < 1.29 is 9.53 Å². The fraction of sp³-hybridized carbons (Fsp3) is 0.455. The van der Waals surface area contributed by atoms with Gasteiger partial charge in [-0.15, -0.1) is 0 Å². The van der Waals surface area contributed by atoms with Gasteiger partial charge < -0.3 is 4.74 Å². The standard InChI is InChI=1S/C11H11NO2/c13-11-9-4-8(7-2-1-3-7)5-12-10(9)6-14-11/h4-5,7H,1-3,6H2. The molecule has 14 heavy (non-hydrogen) atoms. The second-order valence-corrected chi connectivity index (χ2v) is 3.97. The molecule has 0 spiro atoms. The third kappa shape index (κ3) is 1.05. The molecule has 1 aliphatic heterocycles. The molecule has 0 bridgehead atoms. The van der Waals surface area contributed by atoms with E-state index >= 15 is 0 Å². The lowest BCUT2D eigenvalue weighted by Crippen LogP contribution is -2.10. The Kier molecular flexibility index (Phi) is 1.60. The third-order valence-corrected chi connectivity index (χ3v) is 3.13. The SMILES string of the molecule is O=C1OCc2ncc(C3CCC3)cc21. The number of aromatic nitrogens is 1. The zero-order valence-electron chi connectivity index (χ0n) is 7.82. The molecule has 0 N–H and O–H groups in total. The number of hydrogen-bond acceptors (Lipinski definition) is 3. The number of carbonyl (C=O) groups is 1. The Morgan fingerprint density at radius 2 is 2.29 bits per heavy atom. The zero-order chi connectivity index (χ0) is 9.54. The molecule has 2 aliphatic rings. The number of fused-ring (bicyclic) bond motifs is 1. The molecular weight excluding hydrogens is 178 g/mol. The molecule has 1 fully saturated rings. The highest BCUT2D eigenvalue weighted by atomic mass is 16.5. The monoisotopic (exact) mass is 189 g/mol. The summed E-state index contributed by atoms with van der Waals surface area (Å²) >= 11 is 0. The molecule has 72 valence electrons. The number of cyclic esters (lactones) is 1. The maximum atomic E-state index is 11.3. The van der Waals surface area contributed by atoms with Crippen molar-refractivity contribution in [3.8, 4) is 0 Å². The van der Waals surface area contributed by atoms with Gasteiger partial charge >= 0.3 is 5.97 Å². The van der Waals surface area contributed by atoms with Crippen LogP contribution in [-0.2, 0) is 11.3 Å². The molecule has 1 aromatic rings.